The number of benzene rings is 2. The second kappa shape index (κ2) is 6.68. The van der Waals surface area contributed by atoms with Crippen LogP contribution in [-0.2, 0) is 19.4 Å². The van der Waals surface area contributed by atoms with Crippen molar-refractivity contribution in [3.63, 3.8) is 0 Å². The summed E-state index contributed by atoms with van der Waals surface area (Å²) in [6.07, 6.45) is 0.0745. The van der Waals surface area contributed by atoms with E-state index in [1.165, 1.54) is 12.1 Å². The Balaban J connectivity index is 1.80. The van der Waals surface area contributed by atoms with Crippen molar-refractivity contribution in [2.45, 2.75) is 24.2 Å². The Morgan fingerprint density at radius 1 is 1.16 bits per heavy atom. The summed E-state index contributed by atoms with van der Waals surface area (Å²) in [6, 6.07) is 13.2. The number of fused-ring (bicyclic) bond motifs is 1. The number of nitrogens with one attached hydrogen (secondary N) is 2. The van der Waals surface area contributed by atoms with Gasteiger partial charge in [0.1, 0.15) is 0 Å². The van der Waals surface area contributed by atoms with Gasteiger partial charge in [-0.2, -0.15) is 0 Å². The van der Waals surface area contributed by atoms with Crippen molar-refractivity contribution < 1.29 is 18.0 Å². The largest absolute Gasteiger partial charge is 0.326 e. The van der Waals surface area contributed by atoms with Crippen molar-refractivity contribution in [3.05, 3.63) is 54.1 Å². The second-order valence-electron chi connectivity index (χ2n) is 5.81. The molecule has 1 aliphatic rings. The normalized spacial score (nSPS) is 16.7. The molecule has 1 heterocycles. The van der Waals surface area contributed by atoms with Crippen LogP contribution >= 0.6 is 0 Å². The van der Waals surface area contributed by atoms with Crippen LogP contribution in [0, 0.1) is 0 Å². The summed E-state index contributed by atoms with van der Waals surface area (Å²) in [5, 5.41) is 5.51. The highest BCUT2D eigenvalue weighted by atomic mass is 32.2. The standard InChI is InChI=1S/C18H18N2O4S/c1-2-25(23,24)13-9-7-12(8-10-13)19-18(22)15-11-17(21)20-16-6-4-3-5-14(15)16/h3-10,15H,2,11H2,1H3,(H,19,22)(H,20,21)/t15-/m0/s1. The molecule has 0 saturated heterocycles. The molecule has 0 aromatic heterocycles. The van der Waals surface area contributed by atoms with Crippen LogP contribution in [0.3, 0.4) is 0 Å². The molecule has 2 N–H and O–H groups in total. The predicted octanol–water partition coefficient (Wildman–Crippen LogP) is 2.54. The molecule has 0 unspecified atom stereocenters. The molecule has 2 aromatic rings. The van der Waals surface area contributed by atoms with E-state index in [-0.39, 0.29) is 28.9 Å². The molecule has 1 aliphatic heterocycles. The van der Waals surface area contributed by atoms with Crippen molar-refractivity contribution in [3.8, 4) is 0 Å². The number of carbonyl (C=O) groups is 2. The molecule has 0 bridgehead atoms. The van der Waals surface area contributed by atoms with E-state index >= 15 is 0 Å². The maximum Gasteiger partial charge on any atom is 0.232 e. The minimum Gasteiger partial charge on any atom is -0.326 e. The van der Waals surface area contributed by atoms with Gasteiger partial charge in [0.2, 0.25) is 11.8 Å². The van der Waals surface area contributed by atoms with Crippen molar-refractivity contribution >= 4 is 33.0 Å². The summed E-state index contributed by atoms with van der Waals surface area (Å²) in [6.45, 7) is 1.58. The molecule has 0 radical (unpaired) electrons. The maximum atomic E-state index is 12.6. The van der Waals surface area contributed by atoms with Gasteiger partial charge in [0, 0.05) is 17.8 Å². The molecule has 0 aliphatic carbocycles. The van der Waals surface area contributed by atoms with Gasteiger partial charge < -0.3 is 10.6 Å². The molecule has 2 amide bonds. The van der Waals surface area contributed by atoms with E-state index in [1.807, 2.05) is 12.1 Å². The molecule has 0 fully saturated rings. The van der Waals surface area contributed by atoms with E-state index < -0.39 is 15.8 Å². The first-order chi connectivity index (χ1) is 11.9. The summed E-state index contributed by atoms with van der Waals surface area (Å²) in [7, 11) is -3.28. The summed E-state index contributed by atoms with van der Waals surface area (Å²) in [5.41, 5.74) is 1.90. The predicted molar refractivity (Wildman–Crippen MR) is 95.2 cm³/mol. The highest BCUT2D eigenvalue weighted by Gasteiger charge is 2.30. The third-order valence-corrected chi connectivity index (χ3v) is 5.93. The lowest BCUT2D eigenvalue weighted by molar-refractivity contribution is -0.123. The first kappa shape index (κ1) is 17.2. The van der Waals surface area contributed by atoms with Gasteiger partial charge >= 0.3 is 0 Å². The summed E-state index contributed by atoms with van der Waals surface area (Å²) in [5.74, 6) is -1.06. The van der Waals surface area contributed by atoms with E-state index in [2.05, 4.69) is 10.6 Å². The fourth-order valence-electron chi connectivity index (χ4n) is 2.79. The number of hydrogen-bond acceptors (Lipinski definition) is 4. The van der Waals surface area contributed by atoms with Crippen LogP contribution in [-0.4, -0.2) is 26.0 Å². The summed E-state index contributed by atoms with van der Waals surface area (Å²) in [4.78, 5) is 24.6. The zero-order valence-electron chi connectivity index (χ0n) is 13.7. The van der Waals surface area contributed by atoms with E-state index in [9.17, 15) is 18.0 Å². The molecular formula is C18H18N2O4S. The highest BCUT2D eigenvalue weighted by Crippen LogP contribution is 2.32. The van der Waals surface area contributed by atoms with Gasteiger partial charge in [-0.05, 0) is 35.9 Å². The van der Waals surface area contributed by atoms with Crippen LogP contribution in [0.15, 0.2) is 53.4 Å². The molecule has 7 heteroatoms. The van der Waals surface area contributed by atoms with E-state index in [0.717, 1.165) is 5.56 Å². The Morgan fingerprint density at radius 3 is 2.52 bits per heavy atom. The van der Waals surface area contributed by atoms with Gasteiger partial charge in [0.25, 0.3) is 0 Å². The van der Waals surface area contributed by atoms with Gasteiger partial charge in [-0.15, -0.1) is 0 Å². The zero-order valence-corrected chi connectivity index (χ0v) is 14.5. The maximum absolute atomic E-state index is 12.6. The average Bonchev–Trinajstić information content (AvgIpc) is 2.61. The number of anilines is 2. The zero-order chi connectivity index (χ0) is 18.0. The quantitative estimate of drug-likeness (QED) is 0.878. The lowest BCUT2D eigenvalue weighted by Crippen LogP contribution is -2.30. The average molecular weight is 358 g/mol. The van der Waals surface area contributed by atoms with Crippen LogP contribution in [0.4, 0.5) is 11.4 Å². The molecule has 25 heavy (non-hydrogen) atoms. The van der Waals surface area contributed by atoms with E-state index in [4.69, 9.17) is 0 Å². The van der Waals surface area contributed by atoms with Gasteiger partial charge in [-0.3, -0.25) is 9.59 Å². The fourth-order valence-corrected chi connectivity index (χ4v) is 3.67. The minimum absolute atomic E-state index is 0.0205. The first-order valence-electron chi connectivity index (χ1n) is 7.93. The fraction of sp³-hybridized carbons (Fsp3) is 0.222. The minimum atomic E-state index is -3.28. The lowest BCUT2D eigenvalue weighted by atomic mass is 9.90. The molecule has 0 spiro atoms. The number of carbonyl (C=O) groups excluding carboxylic acids is 2. The van der Waals surface area contributed by atoms with Crippen molar-refractivity contribution in [1.29, 1.82) is 0 Å². The second-order valence-corrected chi connectivity index (χ2v) is 8.09. The van der Waals surface area contributed by atoms with Crippen molar-refractivity contribution in [1.82, 2.24) is 0 Å². The monoisotopic (exact) mass is 358 g/mol. The highest BCUT2D eigenvalue weighted by molar-refractivity contribution is 7.91. The van der Waals surface area contributed by atoms with Crippen LogP contribution in [0.1, 0.15) is 24.8 Å². The molecule has 1 atom stereocenters. The Bertz CT molecular complexity index is 920. The van der Waals surface area contributed by atoms with Gasteiger partial charge in [0.05, 0.1) is 16.6 Å². The van der Waals surface area contributed by atoms with Gasteiger partial charge in [-0.1, -0.05) is 25.1 Å². The lowest BCUT2D eigenvalue weighted by Gasteiger charge is -2.24. The first-order valence-corrected chi connectivity index (χ1v) is 9.58. The van der Waals surface area contributed by atoms with Crippen molar-refractivity contribution in [2.24, 2.45) is 0 Å². The number of rotatable bonds is 4. The molecule has 0 saturated carbocycles. The molecular weight excluding hydrogens is 340 g/mol. The van der Waals surface area contributed by atoms with E-state index in [0.29, 0.717) is 11.4 Å². The molecule has 3 rings (SSSR count). The van der Waals surface area contributed by atoms with Crippen LogP contribution in [0.2, 0.25) is 0 Å². The molecule has 2 aromatic carbocycles. The third kappa shape index (κ3) is 3.56. The van der Waals surface area contributed by atoms with Crippen LogP contribution in [0.25, 0.3) is 0 Å². The Morgan fingerprint density at radius 2 is 1.84 bits per heavy atom. The Hall–Kier alpha value is -2.67. The summed E-state index contributed by atoms with van der Waals surface area (Å²) >= 11 is 0. The Labute approximate surface area is 146 Å². The van der Waals surface area contributed by atoms with Crippen LogP contribution < -0.4 is 10.6 Å². The third-order valence-electron chi connectivity index (χ3n) is 4.18. The van der Waals surface area contributed by atoms with Crippen LogP contribution in [0.5, 0.6) is 0 Å². The SMILES string of the molecule is CCS(=O)(=O)c1ccc(NC(=O)[C@H]2CC(=O)Nc3ccccc32)cc1. The smallest absolute Gasteiger partial charge is 0.232 e. The number of amides is 2. The number of sulfone groups is 1. The van der Waals surface area contributed by atoms with E-state index in [1.54, 1.807) is 31.2 Å². The topological polar surface area (TPSA) is 92.3 Å². The van der Waals surface area contributed by atoms with Crippen molar-refractivity contribution in [2.75, 3.05) is 16.4 Å². The van der Waals surface area contributed by atoms with Gasteiger partial charge in [-0.25, -0.2) is 8.42 Å². The molecule has 6 nitrogen and oxygen atoms in total. The van der Waals surface area contributed by atoms with Gasteiger partial charge in [0.15, 0.2) is 9.84 Å². The summed E-state index contributed by atoms with van der Waals surface area (Å²) < 4.78 is 23.6. The number of hydrogen-bond donors (Lipinski definition) is 2. The molecule has 130 valence electrons. The Kier molecular flexibility index (Phi) is 4.59. The number of para-hydroxylation sites is 1.